The molecule has 1 fully saturated rings. The molecule has 0 spiro atoms. The maximum absolute atomic E-state index is 13.1. The van der Waals surface area contributed by atoms with Gasteiger partial charge in [-0.25, -0.2) is 0 Å². The minimum Gasteiger partial charge on any atom is -0.454 e. The van der Waals surface area contributed by atoms with E-state index < -0.39 is 0 Å². The van der Waals surface area contributed by atoms with E-state index in [0.29, 0.717) is 30.2 Å². The fraction of sp³-hybridized carbons (Fsp3) is 0.381. The molecular formula is C21H23N3O4. The molecule has 1 aromatic carbocycles. The van der Waals surface area contributed by atoms with Crippen LogP contribution in [0.4, 0.5) is 0 Å². The van der Waals surface area contributed by atoms with Crippen molar-refractivity contribution in [3.8, 4) is 11.5 Å². The average Bonchev–Trinajstić information content (AvgIpc) is 3.20. The summed E-state index contributed by atoms with van der Waals surface area (Å²) in [4.78, 5) is 31.1. The maximum Gasteiger partial charge on any atom is 0.254 e. The van der Waals surface area contributed by atoms with E-state index in [9.17, 15) is 9.59 Å². The lowest BCUT2D eigenvalue weighted by Crippen LogP contribution is -2.45. The zero-order chi connectivity index (χ0) is 19.5. The lowest BCUT2D eigenvalue weighted by molar-refractivity contribution is -0.120. The van der Waals surface area contributed by atoms with Crippen LogP contribution in [0.15, 0.2) is 42.6 Å². The Hall–Kier alpha value is -3.09. The number of carbonyl (C=O) groups excluding carboxylic acids is 2. The van der Waals surface area contributed by atoms with Crippen molar-refractivity contribution in [2.24, 2.45) is 5.92 Å². The summed E-state index contributed by atoms with van der Waals surface area (Å²) in [5.41, 5.74) is 1.40. The second-order valence-corrected chi connectivity index (χ2v) is 7.15. The van der Waals surface area contributed by atoms with Crippen molar-refractivity contribution in [1.29, 1.82) is 0 Å². The molecule has 0 aliphatic carbocycles. The smallest absolute Gasteiger partial charge is 0.254 e. The van der Waals surface area contributed by atoms with E-state index in [-0.39, 0.29) is 30.6 Å². The van der Waals surface area contributed by atoms with E-state index in [2.05, 4.69) is 10.3 Å². The molecule has 0 unspecified atom stereocenters. The molecule has 7 heteroatoms. The van der Waals surface area contributed by atoms with Crippen molar-refractivity contribution in [3.63, 3.8) is 0 Å². The van der Waals surface area contributed by atoms with E-state index in [4.69, 9.17) is 9.47 Å². The Balaban J connectivity index is 1.52. The van der Waals surface area contributed by atoms with E-state index in [1.54, 1.807) is 24.4 Å². The average molecular weight is 381 g/mol. The highest BCUT2D eigenvalue weighted by atomic mass is 16.7. The highest BCUT2D eigenvalue weighted by Crippen LogP contribution is 2.34. The van der Waals surface area contributed by atoms with E-state index in [1.807, 2.05) is 23.1 Å². The minimum atomic E-state index is -0.217. The summed E-state index contributed by atoms with van der Waals surface area (Å²) in [5.74, 6) is 1.23. The molecule has 0 bridgehead atoms. The molecule has 1 saturated heterocycles. The summed E-state index contributed by atoms with van der Waals surface area (Å²) in [6, 6.07) is 10.7. The molecule has 3 heterocycles. The molecule has 2 aliphatic rings. The molecule has 0 saturated carbocycles. The number of nitrogens with zero attached hydrogens (tertiary/aromatic N) is 2. The number of pyridine rings is 1. The summed E-state index contributed by atoms with van der Waals surface area (Å²) < 4.78 is 10.7. The number of benzene rings is 1. The molecule has 2 aliphatic heterocycles. The van der Waals surface area contributed by atoms with Crippen LogP contribution in [0.25, 0.3) is 0 Å². The van der Waals surface area contributed by atoms with Crippen LogP contribution in [0.1, 0.15) is 41.9 Å². The van der Waals surface area contributed by atoms with Crippen molar-refractivity contribution in [3.05, 3.63) is 53.9 Å². The second-order valence-electron chi connectivity index (χ2n) is 7.15. The van der Waals surface area contributed by atoms with Crippen LogP contribution in [0, 0.1) is 5.92 Å². The Bertz CT molecular complexity index is 871. The predicted octanol–water partition coefficient (Wildman–Crippen LogP) is 2.54. The van der Waals surface area contributed by atoms with Crippen LogP contribution in [-0.4, -0.2) is 41.6 Å². The van der Waals surface area contributed by atoms with Crippen LogP contribution in [0.3, 0.4) is 0 Å². The van der Waals surface area contributed by atoms with Crippen molar-refractivity contribution in [2.45, 2.75) is 25.8 Å². The lowest BCUT2D eigenvalue weighted by atomic mass is 9.88. The number of ether oxygens (including phenoxy) is 2. The van der Waals surface area contributed by atoms with Gasteiger partial charge in [-0.15, -0.1) is 0 Å². The van der Waals surface area contributed by atoms with Crippen LogP contribution < -0.4 is 14.8 Å². The number of rotatable bonds is 4. The highest BCUT2D eigenvalue weighted by Gasteiger charge is 2.32. The fourth-order valence-electron chi connectivity index (χ4n) is 3.89. The highest BCUT2D eigenvalue weighted by molar-refractivity contribution is 5.95. The molecule has 28 heavy (non-hydrogen) atoms. The minimum absolute atomic E-state index is 0.0365. The first-order chi connectivity index (χ1) is 13.6. The number of hydrogen-bond acceptors (Lipinski definition) is 5. The Labute approximate surface area is 163 Å². The SMILES string of the molecule is CC(=O)N[C@@H](c1ccccn1)[C@H]1CCCN(C(=O)c2ccc3c(c2)OCO3)C1. The first-order valence-electron chi connectivity index (χ1n) is 9.49. The Morgan fingerprint density at radius 3 is 2.86 bits per heavy atom. The van der Waals surface area contributed by atoms with Gasteiger partial charge in [0.1, 0.15) is 0 Å². The standard InChI is InChI=1S/C21H23N3O4/c1-14(25)23-20(17-6-2-3-9-22-17)16-5-4-10-24(12-16)21(26)15-7-8-18-19(11-15)28-13-27-18/h2-3,6-9,11,16,20H,4-5,10,12-13H2,1H3,(H,23,25)/t16-,20+/m0/s1. The quantitative estimate of drug-likeness (QED) is 0.880. The van der Waals surface area contributed by atoms with E-state index in [0.717, 1.165) is 18.5 Å². The molecule has 2 aromatic rings. The molecule has 4 rings (SSSR count). The topological polar surface area (TPSA) is 80.8 Å². The second kappa shape index (κ2) is 7.88. The first-order valence-corrected chi connectivity index (χ1v) is 9.49. The molecule has 1 N–H and O–H groups in total. The van der Waals surface area contributed by atoms with Crippen molar-refractivity contribution in [1.82, 2.24) is 15.2 Å². The van der Waals surface area contributed by atoms with Gasteiger partial charge in [-0.3, -0.25) is 14.6 Å². The molecule has 2 atom stereocenters. The third-order valence-corrected chi connectivity index (χ3v) is 5.20. The third-order valence-electron chi connectivity index (χ3n) is 5.20. The zero-order valence-electron chi connectivity index (χ0n) is 15.8. The summed E-state index contributed by atoms with van der Waals surface area (Å²) in [5, 5.41) is 3.02. The van der Waals surface area contributed by atoms with Crippen LogP contribution >= 0.6 is 0 Å². The van der Waals surface area contributed by atoms with Gasteiger partial charge in [-0.1, -0.05) is 6.07 Å². The summed E-state index contributed by atoms with van der Waals surface area (Å²) >= 11 is 0. The molecule has 7 nitrogen and oxygen atoms in total. The van der Waals surface area contributed by atoms with E-state index in [1.165, 1.54) is 6.92 Å². The number of amides is 2. The van der Waals surface area contributed by atoms with Gasteiger partial charge in [-0.2, -0.15) is 0 Å². The predicted molar refractivity (Wildman–Crippen MR) is 102 cm³/mol. The third kappa shape index (κ3) is 3.78. The summed E-state index contributed by atoms with van der Waals surface area (Å²) in [6.45, 7) is 2.95. The normalized spacial score (nSPS) is 19.2. The summed E-state index contributed by atoms with van der Waals surface area (Å²) in [6.07, 6.45) is 3.53. The van der Waals surface area contributed by atoms with Crippen molar-refractivity contribution < 1.29 is 19.1 Å². The van der Waals surface area contributed by atoms with Gasteiger partial charge in [0.05, 0.1) is 11.7 Å². The van der Waals surface area contributed by atoms with Gasteiger partial charge in [0.15, 0.2) is 11.5 Å². The van der Waals surface area contributed by atoms with Gasteiger partial charge < -0.3 is 19.7 Å². The van der Waals surface area contributed by atoms with Crippen LogP contribution in [-0.2, 0) is 4.79 Å². The monoisotopic (exact) mass is 381 g/mol. The molecule has 1 aromatic heterocycles. The van der Waals surface area contributed by atoms with Gasteiger partial charge in [0.2, 0.25) is 12.7 Å². The van der Waals surface area contributed by atoms with Crippen LogP contribution in [0.5, 0.6) is 11.5 Å². The Morgan fingerprint density at radius 1 is 1.21 bits per heavy atom. The molecular weight excluding hydrogens is 358 g/mol. The number of hydrogen-bond donors (Lipinski definition) is 1. The number of aromatic nitrogens is 1. The van der Waals surface area contributed by atoms with Gasteiger partial charge >= 0.3 is 0 Å². The van der Waals surface area contributed by atoms with Gasteiger partial charge in [0.25, 0.3) is 5.91 Å². The molecule has 146 valence electrons. The van der Waals surface area contributed by atoms with Crippen molar-refractivity contribution >= 4 is 11.8 Å². The van der Waals surface area contributed by atoms with Crippen LogP contribution in [0.2, 0.25) is 0 Å². The van der Waals surface area contributed by atoms with Crippen molar-refractivity contribution in [2.75, 3.05) is 19.9 Å². The fourth-order valence-corrected chi connectivity index (χ4v) is 3.89. The molecule has 0 radical (unpaired) electrons. The number of piperidine rings is 1. The van der Waals surface area contributed by atoms with E-state index >= 15 is 0 Å². The lowest BCUT2D eigenvalue weighted by Gasteiger charge is -2.37. The largest absolute Gasteiger partial charge is 0.454 e. The molecule has 2 amide bonds. The maximum atomic E-state index is 13.1. The van der Waals surface area contributed by atoms with Gasteiger partial charge in [-0.05, 0) is 43.2 Å². The number of nitrogens with one attached hydrogen (secondary N) is 1. The Kier molecular flexibility index (Phi) is 5.14. The number of carbonyl (C=O) groups is 2. The Morgan fingerprint density at radius 2 is 2.07 bits per heavy atom. The number of fused-ring (bicyclic) bond motifs is 1. The number of likely N-dealkylation sites (tertiary alicyclic amines) is 1. The van der Waals surface area contributed by atoms with Gasteiger partial charge in [0, 0.05) is 37.7 Å². The summed E-state index contributed by atoms with van der Waals surface area (Å²) in [7, 11) is 0. The first kappa shape index (κ1) is 18.3. The zero-order valence-corrected chi connectivity index (χ0v) is 15.8.